The molecule has 0 fully saturated rings. The van der Waals surface area contributed by atoms with Gasteiger partial charge in [-0.1, -0.05) is 36.4 Å². The zero-order valence-corrected chi connectivity index (χ0v) is 13.9. The molecule has 0 radical (unpaired) electrons. The molecule has 128 valence electrons. The van der Waals surface area contributed by atoms with Crippen LogP contribution in [0.25, 0.3) is 0 Å². The molecule has 0 aliphatic rings. The Morgan fingerprint density at radius 2 is 1.62 bits per heavy atom. The minimum absolute atomic E-state index is 0.0815. The van der Waals surface area contributed by atoms with Crippen molar-refractivity contribution in [3.05, 3.63) is 71.5 Å². The number of halogens is 1. The molecule has 0 bridgehead atoms. The maximum atomic E-state index is 13.5. The van der Waals surface area contributed by atoms with Crippen LogP contribution in [0.4, 0.5) is 4.39 Å². The minimum atomic E-state index is -3.53. The summed E-state index contributed by atoms with van der Waals surface area (Å²) in [4.78, 5) is 11.8. The largest absolute Gasteiger partial charge is 0.351 e. The van der Waals surface area contributed by atoms with E-state index in [4.69, 9.17) is 0 Å². The van der Waals surface area contributed by atoms with E-state index in [2.05, 4.69) is 10.0 Å². The SMILES string of the molecule is O=C(NCCNS(=O)(=O)CCc1ccccc1F)c1ccccc1. The summed E-state index contributed by atoms with van der Waals surface area (Å²) in [5.74, 6) is -0.885. The number of hydrogen-bond donors (Lipinski definition) is 2. The van der Waals surface area contributed by atoms with E-state index >= 15 is 0 Å². The molecule has 0 unspecified atom stereocenters. The van der Waals surface area contributed by atoms with E-state index in [1.807, 2.05) is 0 Å². The summed E-state index contributed by atoms with van der Waals surface area (Å²) in [5, 5.41) is 2.63. The summed E-state index contributed by atoms with van der Waals surface area (Å²) in [7, 11) is -3.53. The summed E-state index contributed by atoms with van der Waals surface area (Å²) in [5.41, 5.74) is 0.875. The number of aryl methyl sites for hydroxylation is 1. The Morgan fingerprint density at radius 3 is 2.33 bits per heavy atom. The van der Waals surface area contributed by atoms with Gasteiger partial charge in [0, 0.05) is 18.7 Å². The molecule has 0 saturated carbocycles. The van der Waals surface area contributed by atoms with Gasteiger partial charge in [-0.15, -0.1) is 0 Å². The van der Waals surface area contributed by atoms with Crippen LogP contribution >= 0.6 is 0 Å². The lowest BCUT2D eigenvalue weighted by atomic mass is 10.2. The van der Waals surface area contributed by atoms with Crippen LogP contribution in [0.3, 0.4) is 0 Å². The highest BCUT2D eigenvalue weighted by Gasteiger charge is 2.12. The molecule has 24 heavy (non-hydrogen) atoms. The van der Waals surface area contributed by atoms with E-state index < -0.39 is 15.8 Å². The van der Waals surface area contributed by atoms with Gasteiger partial charge in [0.2, 0.25) is 10.0 Å². The van der Waals surface area contributed by atoms with Crippen molar-refractivity contribution < 1.29 is 17.6 Å². The number of benzene rings is 2. The Hall–Kier alpha value is -2.25. The lowest BCUT2D eigenvalue weighted by Crippen LogP contribution is -2.36. The van der Waals surface area contributed by atoms with Crippen LogP contribution in [0.15, 0.2) is 54.6 Å². The van der Waals surface area contributed by atoms with Gasteiger partial charge in [-0.25, -0.2) is 17.5 Å². The van der Waals surface area contributed by atoms with Crippen LogP contribution in [0, 0.1) is 5.82 Å². The highest BCUT2D eigenvalue weighted by molar-refractivity contribution is 7.89. The molecule has 2 rings (SSSR count). The number of nitrogens with one attached hydrogen (secondary N) is 2. The molecule has 1 amide bonds. The zero-order valence-electron chi connectivity index (χ0n) is 13.0. The van der Waals surface area contributed by atoms with Crippen LogP contribution in [-0.4, -0.2) is 33.2 Å². The lowest BCUT2D eigenvalue weighted by Gasteiger charge is -2.08. The molecule has 0 aliphatic heterocycles. The van der Waals surface area contributed by atoms with Gasteiger partial charge in [0.25, 0.3) is 5.91 Å². The van der Waals surface area contributed by atoms with E-state index in [9.17, 15) is 17.6 Å². The molecule has 0 aliphatic carbocycles. The van der Waals surface area contributed by atoms with Crippen molar-refractivity contribution in [2.75, 3.05) is 18.8 Å². The zero-order chi connectivity index (χ0) is 17.4. The highest BCUT2D eigenvalue weighted by atomic mass is 32.2. The summed E-state index contributed by atoms with van der Waals surface area (Å²) in [6.07, 6.45) is 0.0956. The van der Waals surface area contributed by atoms with E-state index in [-0.39, 0.29) is 31.2 Å². The molecular weight excluding hydrogens is 331 g/mol. The van der Waals surface area contributed by atoms with E-state index in [0.29, 0.717) is 11.1 Å². The topological polar surface area (TPSA) is 75.3 Å². The van der Waals surface area contributed by atoms with Crippen LogP contribution < -0.4 is 10.0 Å². The summed E-state index contributed by atoms with van der Waals surface area (Å²) in [6.45, 7) is 0.255. The average Bonchev–Trinajstić information content (AvgIpc) is 2.59. The van der Waals surface area contributed by atoms with Crippen LogP contribution in [0.2, 0.25) is 0 Å². The molecule has 0 atom stereocenters. The Bertz CT molecular complexity index is 779. The van der Waals surface area contributed by atoms with Gasteiger partial charge in [-0.3, -0.25) is 4.79 Å². The Labute approximate surface area is 141 Å². The first-order valence-electron chi connectivity index (χ1n) is 7.52. The fourth-order valence-corrected chi connectivity index (χ4v) is 3.14. The normalized spacial score (nSPS) is 11.2. The molecule has 0 spiro atoms. The van der Waals surface area contributed by atoms with E-state index in [1.165, 1.54) is 6.07 Å². The standard InChI is InChI=1S/C17H19FN2O3S/c18-16-9-5-4-6-14(16)10-13-24(22,23)20-12-11-19-17(21)15-7-2-1-3-8-15/h1-9,20H,10-13H2,(H,19,21). The quantitative estimate of drug-likeness (QED) is 0.712. The molecule has 2 N–H and O–H groups in total. The summed E-state index contributed by atoms with van der Waals surface area (Å²) in [6, 6.07) is 14.7. The van der Waals surface area contributed by atoms with Crippen LogP contribution in [0.1, 0.15) is 15.9 Å². The second-order valence-electron chi connectivity index (χ2n) is 5.18. The fraction of sp³-hybridized carbons (Fsp3) is 0.235. The van der Waals surface area contributed by atoms with Crippen LogP contribution in [0.5, 0.6) is 0 Å². The van der Waals surface area contributed by atoms with Gasteiger partial charge < -0.3 is 5.32 Å². The first-order chi connectivity index (χ1) is 11.5. The molecule has 2 aromatic carbocycles. The fourth-order valence-electron chi connectivity index (χ4n) is 2.09. The molecular formula is C17H19FN2O3S. The highest BCUT2D eigenvalue weighted by Crippen LogP contribution is 2.07. The number of amides is 1. The number of sulfonamides is 1. The number of rotatable bonds is 8. The Morgan fingerprint density at radius 1 is 0.958 bits per heavy atom. The maximum Gasteiger partial charge on any atom is 0.251 e. The first kappa shape index (κ1) is 18.1. The third-order valence-corrected chi connectivity index (χ3v) is 4.75. The van der Waals surface area contributed by atoms with Crippen molar-refractivity contribution >= 4 is 15.9 Å². The van der Waals surface area contributed by atoms with Crippen molar-refractivity contribution in [3.63, 3.8) is 0 Å². The van der Waals surface area contributed by atoms with Crippen molar-refractivity contribution in [3.8, 4) is 0 Å². The van der Waals surface area contributed by atoms with Gasteiger partial charge in [0.1, 0.15) is 5.82 Å². The van der Waals surface area contributed by atoms with Crippen molar-refractivity contribution in [2.45, 2.75) is 6.42 Å². The van der Waals surface area contributed by atoms with Gasteiger partial charge >= 0.3 is 0 Å². The first-order valence-corrected chi connectivity index (χ1v) is 9.17. The van der Waals surface area contributed by atoms with E-state index in [0.717, 1.165) is 0 Å². The average molecular weight is 350 g/mol. The van der Waals surface area contributed by atoms with Gasteiger partial charge in [-0.2, -0.15) is 0 Å². The smallest absolute Gasteiger partial charge is 0.251 e. The van der Waals surface area contributed by atoms with Crippen molar-refractivity contribution in [1.82, 2.24) is 10.0 Å². The second-order valence-corrected chi connectivity index (χ2v) is 7.10. The Kier molecular flexibility index (Phi) is 6.45. The molecule has 0 saturated heterocycles. The Balaban J connectivity index is 1.73. The number of hydrogen-bond acceptors (Lipinski definition) is 3. The maximum absolute atomic E-state index is 13.5. The summed E-state index contributed by atoms with van der Waals surface area (Å²) < 4.78 is 39.6. The molecule has 0 aromatic heterocycles. The molecule has 7 heteroatoms. The van der Waals surface area contributed by atoms with Gasteiger partial charge in [0.05, 0.1) is 5.75 Å². The molecule has 2 aromatic rings. The monoisotopic (exact) mass is 350 g/mol. The van der Waals surface area contributed by atoms with Gasteiger partial charge in [0.15, 0.2) is 0 Å². The van der Waals surface area contributed by atoms with Crippen molar-refractivity contribution in [1.29, 1.82) is 0 Å². The third kappa shape index (κ3) is 5.75. The predicted molar refractivity (Wildman–Crippen MR) is 90.7 cm³/mol. The van der Waals surface area contributed by atoms with Crippen LogP contribution in [-0.2, 0) is 16.4 Å². The number of carbonyl (C=O) groups is 1. The predicted octanol–water partition coefficient (Wildman–Crippen LogP) is 1.72. The molecule has 0 heterocycles. The second kappa shape index (κ2) is 8.56. The minimum Gasteiger partial charge on any atom is -0.351 e. The van der Waals surface area contributed by atoms with E-state index in [1.54, 1.807) is 48.5 Å². The third-order valence-electron chi connectivity index (χ3n) is 3.37. The van der Waals surface area contributed by atoms with Crippen molar-refractivity contribution in [2.24, 2.45) is 0 Å². The summed E-state index contributed by atoms with van der Waals surface area (Å²) >= 11 is 0. The number of carbonyl (C=O) groups excluding carboxylic acids is 1. The molecule has 5 nitrogen and oxygen atoms in total. The lowest BCUT2D eigenvalue weighted by molar-refractivity contribution is 0.0954. The van der Waals surface area contributed by atoms with Gasteiger partial charge in [-0.05, 0) is 30.2 Å².